The summed E-state index contributed by atoms with van der Waals surface area (Å²) < 4.78 is 11.3. The van der Waals surface area contributed by atoms with E-state index in [1.54, 1.807) is 6.07 Å². The molecule has 7 heteroatoms. The molecule has 0 spiro atoms. The summed E-state index contributed by atoms with van der Waals surface area (Å²) >= 11 is 6.04. The van der Waals surface area contributed by atoms with Crippen molar-refractivity contribution < 1.29 is 24.2 Å². The monoisotopic (exact) mass is 395 g/mol. The molecular weight excluding hydrogens is 370 g/mol. The SMILES string of the molecule is O=C(O)C1CCO[C@H]1C1CCN(C(=O)CCCOc2ccccc2Cl)CC1. The number of nitrogens with zero attached hydrogens (tertiary/aromatic N) is 1. The van der Waals surface area contributed by atoms with Gasteiger partial charge in [-0.3, -0.25) is 9.59 Å². The quantitative estimate of drug-likeness (QED) is 0.717. The highest BCUT2D eigenvalue weighted by molar-refractivity contribution is 6.32. The standard InChI is InChI=1S/C20H26ClNO5/c21-16-4-1-2-5-17(16)26-12-3-6-18(23)22-10-7-14(8-11-22)19-15(20(24)25)9-13-27-19/h1-2,4-5,14-15,19H,3,6-13H2,(H,24,25)/t15?,19-/m0/s1. The normalized spacial score (nSPS) is 23.4. The van der Waals surface area contributed by atoms with Crippen LogP contribution in [-0.4, -0.2) is 54.3 Å². The number of para-hydroxylation sites is 1. The Labute approximate surface area is 164 Å². The van der Waals surface area contributed by atoms with Crippen LogP contribution in [0.3, 0.4) is 0 Å². The van der Waals surface area contributed by atoms with E-state index in [4.69, 9.17) is 21.1 Å². The highest BCUT2D eigenvalue weighted by Crippen LogP contribution is 2.33. The Morgan fingerprint density at radius 1 is 1.22 bits per heavy atom. The van der Waals surface area contributed by atoms with Crippen molar-refractivity contribution in [1.82, 2.24) is 4.90 Å². The van der Waals surface area contributed by atoms with Crippen molar-refractivity contribution in [3.05, 3.63) is 29.3 Å². The summed E-state index contributed by atoms with van der Waals surface area (Å²) in [5.74, 6) is -0.190. The molecule has 2 fully saturated rings. The second kappa shape index (κ2) is 9.42. The van der Waals surface area contributed by atoms with Crippen LogP contribution in [0.4, 0.5) is 0 Å². The fourth-order valence-electron chi connectivity index (χ4n) is 3.94. The molecule has 2 aliphatic heterocycles. The highest BCUT2D eigenvalue weighted by atomic mass is 35.5. The number of hydrogen-bond donors (Lipinski definition) is 1. The molecule has 27 heavy (non-hydrogen) atoms. The van der Waals surface area contributed by atoms with Crippen LogP contribution in [0.5, 0.6) is 5.75 Å². The predicted octanol–water partition coefficient (Wildman–Crippen LogP) is 3.23. The summed E-state index contributed by atoms with van der Waals surface area (Å²) in [6.07, 6.45) is 3.06. The summed E-state index contributed by atoms with van der Waals surface area (Å²) in [4.78, 5) is 25.6. The Hall–Kier alpha value is -1.79. The van der Waals surface area contributed by atoms with Gasteiger partial charge in [0.15, 0.2) is 0 Å². The molecule has 2 heterocycles. The number of halogens is 1. The zero-order valence-electron chi connectivity index (χ0n) is 15.3. The third kappa shape index (κ3) is 5.14. The first-order valence-electron chi connectivity index (χ1n) is 9.56. The van der Waals surface area contributed by atoms with E-state index in [1.807, 2.05) is 23.1 Å². The lowest BCUT2D eigenvalue weighted by atomic mass is 9.84. The van der Waals surface area contributed by atoms with Gasteiger partial charge in [-0.25, -0.2) is 0 Å². The van der Waals surface area contributed by atoms with Gasteiger partial charge in [0.05, 0.1) is 23.7 Å². The summed E-state index contributed by atoms with van der Waals surface area (Å²) in [5.41, 5.74) is 0. The van der Waals surface area contributed by atoms with Gasteiger partial charge in [0.1, 0.15) is 5.75 Å². The van der Waals surface area contributed by atoms with Crippen LogP contribution in [0.1, 0.15) is 32.1 Å². The third-order valence-electron chi connectivity index (χ3n) is 5.44. The van der Waals surface area contributed by atoms with E-state index in [0.29, 0.717) is 56.3 Å². The molecule has 3 rings (SSSR count). The van der Waals surface area contributed by atoms with E-state index >= 15 is 0 Å². The molecule has 1 amide bonds. The van der Waals surface area contributed by atoms with E-state index < -0.39 is 11.9 Å². The van der Waals surface area contributed by atoms with Crippen molar-refractivity contribution in [3.8, 4) is 5.75 Å². The molecule has 148 valence electrons. The molecule has 0 saturated carbocycles. The number of carbonyl (C=O) groups is 2. The largest absolute Gasteiger partial charge is 0.492 e. The number of piperidine rings is 1. The summed E-state index contributed by atoms with van der Waals surface area (Å²) in [6.45, 7) is 2.30. The number of rotatable bonds is 7. The average molecular weight is 396 g/mol. The molecule has 1 aromatic rings. The van der Waals surface area contributed by atoms with Gasteiger partial charge in [0.2, 0.25) is 5.91 Å². The molecule has 6 nitrogen and oxygen atoms in total. The van der Waals surface area contributed by atoms with Gasteiger partial charge in [-0.05, 0) is 43.7 Å². The number of carboxylic acids is 1. The summed E-state index contributed by atoms with van der Waals surface area (Å²) in [7, 11) is 0. The number of ether oxygens (including phenoxy) is 2. The van der Waals surface area contributed by atoms with Gasteiger partial charge in [-0.1, -0.05) is 23.7 Å². The molecule has 1 N–H and O–H groups in total. The molecule has 2 saturated heterocycles. The minimum Gasteiger partial charge on any atom is -0.492 e. The van der Waals surface area contributed by atoms with Crippen LogP contribution in [0.25, 0.3) is 0 Å². The zero-order valence-corrected chi connectivity index (χ0v) is 16.1. The molecule has 1 aromatic carbocycles. The third-order valence-corrected chi connectivity index (χ3v) is 5.75. The number of likely N-dealkylation sites (tertiary alicyclic amines) is 1. The molecule has 2 atom stereocenters. The Bertz CT molecular complexity index is 660. The topological polar surface area (TPSA) is 76.1 Å². The number of carbonyl (C=O) groups excluding carboxylic acids is 1. The van der Waals surface area contributed by atoms with Crippen LogP contribution in [0.15, 0.2) is 24.3 Å². The Kier molecular flexibility index (Phi) is 6.96. The van der Waals surface area contributed by atoms with Gasteiger partial charge in [0, 0.05) is 26.1 Å². The van der Waals surface area contributed by atoms with Gasteiger partial charge in [-0.2, -0.15) is 0 Å². The highest BCUT2D eigenvalue weighted by Gasteiger charge is 2.40. The van der Waals surface area contributed by atoms with Crippen LogP contribution in [-0.2, 0) is 14.3 Å². The van der Waals surface area contributed by atoms with E-state index in [1.165, 1.54) is 0 Å². The van der Waals surface area contributed by atoms with Crippen LogP contribution >= 0.6 is 11.6 Å². The van der Waals surface area contributed by atoms with Crippen molar-refractivity contribution >= 4 is 23.5 Å². The molecule has 1 unspecified atom stereocenters. The minimum atomic E-state index is -0.769. The summed E-state index contributed by atoms with van der Waals surface area (Å²) in [6, 6.07) is 7.29. The van der Waals surface area contributed by atoms with Crippen LogP contribution in [0.2, 0.25) is 5.02 Å². The number of aliphatic carboxylic acids is 1. The first-order chi connectivity index (χ1) is 13.1. The molecule has 0 radical (unpaired) electrons. The van der Waals surface area contributed by atoms with Gasteiger partial charge in [0.25, 0.3) is 0 Å². The number of carboxylic acid groups (broad SMARTS) is 1. The fourth-order valence-corrected chi connectivity index (χ4v) is 4.13. The Morgan fingerprint density at radius 2 is 1.96 bits per heavy atom. The van der Waals surface area contributed by atoms with Crippen molar-refractivity contribution in [1.29, 1.82) is 0 Å². The first kappa shape index (κ1) is 20.0. The minimum absolute atomic E-state index is 0.123. The number of benzene rings is 1. The van der Waals surface area contributed by atoms with Crippen LogP contribution < -0.4 is 4.74 Å². The van der Waals surface area contributed by atoms with Gasteiger partial charge < -0.3 is 19.5 Å². The maximum absolute atomic E-state index is 12.4. The second-order valence-electron chi connectivity index (χ2n) is 7.17. The molecule has 2 aliphatic rings. The second-order valence-corrected chi connectivity index (χ2v) is 7.58. The number of amides is 1. The Balaban J connectivity index is 1.37. The first-order valence-corrected chi connectivity index (χ1v) is 9.93. The van der Waals surface area contributed by atoms with E-state index in [9.17, 15) is 14.7 Å². The smallest absolute Gasteiger partial charge is 0.309 e. The molecule has 0 aromatic heterocycles. The predicted molar refractivity (Wildman–Crippen MR) is 101 cm³/mol. The molecule has 0 aliphatic carbocycles. The Morgan fingerprint density at radius 3 is 2.67 bits per heavy atom. The maximum atomic E-state index is 12.4. The van der Waals surface area contributed by atoms with E-state index in [2.05, 4.69) is 0 Å². The van der Waals surface area contributed by atoms with Gasteiger partial charge >= 0.3 is 5.97 Å². The van der Waals surface area contributed by atoms with Crippen LogP contribution in [0, 0.1) is 11.8 Å². The van der Waals surface area contributed by atoms with E-state index in [0.717, 1.165) is 12.8 Å². The van der Waals surface area contributed by atoms with Crippen molar-refractivity contribution in [2.75, 3.05) is 26.3 Å². The lowest BCUT2D eigenvalue weighted by molar-refractivity contribution is -0.146. The van der Waals surface area contributed by atoms with Crippen molar-refractivity contribution in [2.45, 2.75) is 38.2 Å². The molecule has 0 bridgehead atoms. The molecular formula is C20H26ClNO5. The van der Waals surface area contributed by atoms with Gasteiger partial charge in [-0.15, -0.1) is 0 Å². The number of hydrogen-bond acceptors (Lipinski definition) is 4. The summed E-state index contributed by atoms with van der Waals surface area (Å²) in [5, 5.41) is 9.88. The maximum Gasteiger partial charge on any atom is 0.309 e. The fraction of sp³-hybridized carbons (Fsp3) is 0.600. The zero-order chi connectivity index (χ0) is 19.2. The lowest BCUT2D eigenvalue weighted by Crippen LogP contribution is -2.43. The lowest BCUT2D eigenvalue weighted by Gasteiger charge is -2.35. The van der Waals surface area contributed by atoms with Crippen molar-refractivity contribution in [2.24, 2.45) is 11.8 Å². The van der Waals surface area contributed by atoms with Crippen molar-refractivity contribution in [3.63, 3.8) is 0 Å². The van der Waals surface area contributed by atoms with E-state index in [-0.39, 0.29) is 17.9 Å². The average Bonchev–Trinajstić information content (AvgIpc) is 3.17.